The zero-order chi connectivity index (χ0) is 14.5. The van der Waals surface area contributed by atoms with Gasteiger partial charge in [-0.25, -0.2) is 0 Å². The summed E-state index contributed by atoms with van der Waals surface area (Å²) in [5, 5.41) is 13.0. The fourth-order valence-electron chi connectivity index (χ4n) is 2.17. The second-order valence-electron chi connectivity index (χ2n) is 4.92. The van der Waals surface area contributed by atoms with Crippen LogP contribution in [0.3, 0.4) is 0 Å². The van der Waals surface area contributed by atoms with Gasteiger partial charge >= 0.3 is 0 Å². The van der Waals surface area contributed by atoms with Gasteiger partial charge in [-0.2, -0.15) is 0 Å². The standard InChI is InChI=1S/C16H21NO2S/c1-3-5-13-10-12(7-8-14(13)18)11(2)17-16-15(20)6-4-9-19-16/h7-8,10,17-18,20H,2-6,9H2,1H3. The van der Waals surface area contributed by atoms with Crippen molar-refractivity contribution in [3.8, 4) is 5.75 Å². The molecule has 2 N–H and O–H groups in total. The normalized spacial score (nSPS) is 14.9. The Morgan fingerprint density at radius 1 is 1.50 bits per heavy atom. The van der Waals surface area contributed by atoms with Gasteiger partial charge in [0.25, 0.3) is 0 Å². The summed E-state index contributed by atoms with van der Waals surface area (Å²) in [6.07, 6.45) is 3.77. The topological polar surface area (TPSA) is 41.5 Å². The van der Waals surface area contributed by atoms with Crippen molar-refractivity contribution >= 4 is 18.3 Å². The van der Waals surface area contributed by atoms with Gasteiger partial charge in [0.2, 0.25) is 5.88 Å². The molecule has 4 heteroatoms. The Kier molecular flexibility index (Phi) is 5.01. The van der Waals surface area contributed by atoms with Gasteiger partial charge in [0.15, 0.2) is 0 Å². The maximum absolute atomic E-state index is 9.82. The third-order valence-corrected chi connectivity index (χ3v) is 3.70. The van der Waals surface area contributed by atoms with Gasteiger partial charge in [-0.1, -0.05) is 19.9 Å². The van der Waals surface area contributed by atoms with E-state index in [1.807, 2.05) is 12.1 Å². The largest absolute Gasteiger partial charge is 0.508 e. The molecule has 1 aromatic carbocycles. The van der Waals surface area contributed by atoms with Crippen molar-refractivity contribution in [2.45, 2.75) is 32.6 Å². The zero-order valence-corrected chi connectivity index (χ0v) is 12.7. The van der Waals surface area contributed by atoms with Gasteiger partial charge in [-0.15, -0.1) is 12.6 Å². The van der Waals surface area contributed by atoms with Crippen LogP contribution in [0.5, 0.6) is 5.75 Å². The number of ether oxygens (including phenoxy) is 1. The van der Waals surface area contributed by atoms with Crippen molar-refractivity contribution < 1.29 is 9.84 Å². The van der Waals surface area contributed by atoms with E-state index in [1.54, 1.807) is 6.07 Å². The Balaban J connectivity index is 2.15. The van der Waals surface area contributed by atoms with Crippen LogP contribution in [-0.2, 0) is 11.2 Å². The van der Waals surface area contributed by atoms with Gasteiger partial charge in [-0.05, 0) is 48.6 Å². The Labute approximate surface area is 125 Å². The highest BCUT2D eigenvalue weighted by Gasteiger charge is 2.13. The average Bonchev–Trinajstić information content (AvgIpc) is 2.44. The lowest BCUT2D eigenvalue weighted by Crippen LogP contribution is -2.18. The van der Waals surface area contributed by atoms with Gasteiger partial charge in [0.1, 0.15) is 5.75 Å². The van der Waals surface area contributed by atoms with Crippen LogP contribution in [0.1, 0.15) is 37.3 Å². The van der Waals surface area contributed by atoms with Crippen molar-refractivity contribution in [3.63, 3.8) is 0 Å². The molecule has 0 fully saturated rings. The molecule has 1 heterocycles. The van der Waals surface area contributed by atoms with Crippen LogP contribution in [0.15, 0.2) is 35.6 Å². The molecular formula is C16H21NO2S. The van der Waals surface area contributed by atoms with Crippen LogP contribution < -0.4 is 5.32 Å². The van der Waals surface area contributed by atoms with Crippen molar-refractivity contribution in [3.05, 3.63) is 46.7 Å². The van der Waals surface area contributed by atoms with Crippen molar-refractivity contribution in [1.29, 1.82) is 0 Å². The minimum Gasteiger partial charge on any atom is -0.508 e. The van der Waals surface area contributed by atoms with E-state index in [-0.39, 0.29) is 0 Å². The van der Waals surface area contributed by atoms with Gasteiger partial charge in [-0.3, -0.25) is 0 Å². The maximum Gasteiger partial charge on any atom is 0.200 e. The number of allylic oxidation sites excluding steroid dienone is 1. The third-order valence-electron chi connectivity index (χ3n) is 3.28. The molecule has 0 spiro atoms. The number of thiol groups is 1. The fourth-order valence-corrected chi connectivity index (χ4v) is 2.45. The van der Waals surface area contributed by atoms with Crippen LogP contribution in [-0.4, -0.2) is 11.7 Å². The highest BCUT2D eigenvalue weighted by atomic mass is 32.1. The summed E-state index contributed by atoms with van der Waals surface area (Å²) in [5.74, 6) is 1.03. The molecule has 0 saturated carbocycles. The number of aromatic hydroxyl groups is 1. The summed E-state index contributed by atoms with van der Waals surface area (Å²) in [7, 11) is 0. The van der Waals surface area contributed by atoms with E-state index in [4.69, 9.17) is 4.74 Å². The number of hydrogen-bond acceptors (Lipinski definition) is 4. The molecule has 0 atom stereocenters. The van der Waals surface area contributed by atoms with Crippen molar-refractivity contribution in [2.75, 3.05) is 6.61 Å². The van der Waals surface area contributed by atoms with E-state index in [1.165, 1.54) is 0 Å². The van der Waals surface area contributed by atoms with E-state index in [9.17, 15) is 5.11 Å². The SMILES string of the molecule is C=C(NC1=C(S)CCCO1)c1ccc(O)c(CCC)c1. The highest BCUT2D eigenvalue weighted by molar-refractivity contribution is 7.84. The molecule has 3 nitrogen and oxygen atoms in total. The monoisotopic (exact) mass is 291 g/mol. The van der Waals surface area contributed by atoms with Crippen LogP contribution in [0.4, 0.5) is 0 Å². The lowest BCUT2D eigenvalue weighted by molar-refractivity contribution is 0.179. The molecule has 1 aromatic rings. The smallest absolute Gasteiger partial charge is 0.200 e. The molecule has 1 aliphatic heterocycles. The number of rotatable bonds is 5. The lowest BCUT2D eigenvalue weighted by Gasteiger charge is -2.21. The second kappa shape index (κ2) is 6.75. The number of aryl methyl sites for hydroxylation is 1. The van der Waals surface area contributed by atoms with E-state index in [0.29, 0.717) is 18.2 Å². The number of phenolic OH excluding ortho intramolecular Hbond substituents is 1. The Hall–Kier alpha value is -1.55. The van der Waals surface area contributed by atoms with Crippen LogP contribution in [0.2, 0.25) is 0 Å². The first-order valence-electron chi connectivity index (χ1n) is 6.95. The number of benzene rings is 1. The van der Waals surface area contributed by atoms with Crippen LogP contribution >= 0.6 is 12.6 Å². The van der Waals surface area contributed by atoms with E-state index in [2.05, 4.69) is 31.4 Å². The summed E-state index contributed by atoms with van der Waals surface area (Å²) >= 11 is 4.42. The maximum atomic E-state index is 9.82. The second-order valence-corrected chi connectivity index (χ2v) is 5.46. The van der Waals surface area contributed by atoms with Crippen molar-refractivity contribution in [2.24, 2.45) is 0 Å². The van der Waals surface area contributed by atoms with E-state index >= 15 is 0 Å². The summed E-state index contributed by atoms with van der Waals surface area (Å²) in [6.45, 7) is 6.84. The highest BCUT2D eigenvalue weighted by Crippen LogP contribution is 2.25. The van der Waals surface area contributed by atoms with Gasteiger partial charge < -0.3 is 15.2 Å². The van der Waals surface area contributed by atoms with E-state index < -0.39 is 0 Å². The first-order chi connectivity index (χ1) is 9.61. The molecule has 0 radical (unpaired) electrons. The molecule has 2 rings (SSSR count). The molecule has 20 heavy (non-hydrogen) atoms. The molecule has 0 amide bonds. The predicted octanol–water partition coefficient (Wildman–Crippen LogP) is 3.81. The quantitative estimate of drug-likeness (QED) is 0.723. The molecular weight excluding hydrogens is 270 g/mol. The number of hydrogen-bond donors (Lipinski definition) is 3. The molecule has 0 saturated heterocycles. The Bertz CT molecular complexity index is 537. The molecule has 0 unspecified atom stereocenters. The summed E-state index contributed by atoms with van der Waals surface area (Å²) < 4.78 is 5.57. The minimum atomic E-state index is 0.339. The summed E-state index contributed by atoms with van der Waals surface area (Å²) in [6, 6.07) is 5.53. The predicted molar refractivity (Wildman–Crippen MR) is 85.5 cm³/mol. The third kappa shape index (κ3) is 3.51. The van der Waals surface area contributed by atoms with Gasteiger partial charge in [0.05, 0.1) is 6.61 Å². The van der Waals surface area contributed by atoms with E-state index in [0.717, 1.165) is 47.4 Å². The first kappa shape index (κ1) is 14.9. The van der Waals surface area contributed by atoms with Crippen molar-refractivity contribution in [1.82, 2.24) is 5.32 Å². The van der Waals surface area contributed by atoms with Crippen LogP contribution in [0.25, 0.3) is 5.70 Å². The number of nitrogens with one attached hydrogen (secondary N) is 1. The molecule has 0 aromatic heterocycles. The molecule has 0 bridgehead atoms. The molecule has 1 aliphatic rings. The van der Waals surface area contributed by atoms with Crippen LogP contribution in [0, 0.1) is 0 Å². The lowest BCUT2D eigenvalue weighted by atomic mass is 10.0. The number of phenols is 1. The molecule has 108 valence electrons. The summed E-state index contributed by atoms with van der Waals surface area (Å²) in [4.78, 5) is 0.921. The fraction of sp³-hybridized carbons (Fsp3) is 0.375. The minimum absolute atomic E-state index is 0.339. The molecule has 0 aliphatic carbocycles. The Morgan fingerprint density at radius 3 is 3.00 bits per heavy atom. The first-order valence-corrected chi connectivity index (χ1v) is 7.39. The summed E-state index contributed by atoms with van der Waals surface area (Å²) in [5.41, 5.74) is 2.65. The average molecular weight is 291 g/mol. The Morgan fingerprint density at radius 2 is 2.30 bits per heavy atom. The zero-order valence-electron chi connectivity index (χ0n) is 11.8. The van der Waals surface area contributed by atoms with Gasteiger partial charge in [0, 0.05) is 10.6 Å².